The van der Waals surface area contributed by atoms with Crippen molar-refractivity contribution < 1.29 is 4.74 Å². The van der Waals surface area contributed by atoms with Crippen LogP contribution in [0.5, 0.6) is 0 Å². The molecule has 2 heterocycles. The molecule has 0 radical (unpaired) electrons. The normalized spacial score (nSPS) is 40.8. The zero-order chi connectivity index (χ0) is 6.81. The number of hydrogen-bond donors (Lipinski definition) is 0. The highest BCUT2D eigenvalue weighted by Gasteiger charge is 2.23. The van der Waals surface area contributed by atoms with Crippen LogP contribution in [0, 0.1) is 0 Å². The van der Waals surface area contributed by atoms with E-state index in [1.54, 1.807) is 0 Å². The summed E-state index contributed by atoms with van der Waals surface area (Å²) in [6, 6.07) is 0. The van der Waals surface area contributed by atoms with E-state index in [1.165, 1.54) is 31.4 Å². The molecule has 0 aliphatic carbocycles. The second-order valence-electron chi connectivity index (χ2n) is 3.14. The highest BCUT2D eigenvalue weighted by Crippen LogP contribution is 2.31. The molecule has 2 aliphatic rings. The van der Waals surface area contributed by atoms with Crippen LogP contribution in [0.1, 0.15) is 25.7 Å². The minimum absolute atomic E-state index is 0.611. The van der Waals surface area contributed by atoms with Gasteiger partial charge in [0, 0.05) is 11.9 Å². The Labute approximate surface area is 66.5 Å². The zero-order valence-electron chi connectivity index (χ0n) is 6.21. The van der Waals surface area contributed by atoms with Gasteiger partial charge in [-0.2, -0.15) is 11.8 Å². The predicted molar refractivity (Wildman–Crippen MR) is 44.5 cm³/mol. The average Bonchev–Trinajstić information content (AvgIpc) is 2.17. The third-order valence-corrected chi connectivity index (χ3v) is 3.81. The van der Waals surface area contributed by atoms with Gasteiger partial charge in [0.1, 0.15) is 0 Å². The van der Waals surface area contributed by atoms with E-state index in [-0.39, 0.29) is 0 Å². The molecule has 0 amide bonds. The molecule has 0 spiro atoms. The number of fused-ring (bicyclic) bond motifs is 3. The molecule has 0 saturated carbocycles. The molecule has 2 bridgehead atoms. The quantitative estimate of drug-likeness (QED) is 0.533. The Morgan fingerprint density at radius 3 is 3.10 bits per heavy atom. The van der Waals surface area contributed by atoms with Gasteiger partial charge in [-0.3, -0.25) is 0 Å². The lowest BCUT2D eigenvalue weighted by atomic mass is 10.1. The van der Waals surface area contributed by atoms with Gasteiger partial charge in [-0.15, -0.1) is 0 Å². The molecule has 2 heteroatoms. The SMILES string of the molecule is C1CC2CCC(CCS2)O1. The second-order valence-corrected chi connectivity index (χ2v) is 4.55. The van der Waals surface area contributed by atoms with Gasteiger partial charge in [0.2, 0.25) is 0 Å². The van der Waals surface area contributed by atoms with E-state index in [4.69, 9.17) is 4.74 Å². The number of ether oxygens (including phenoxy) is 1. The van der Waals surface area contributed by atoms with Crippen molar-refractivity contribution in [3.63, 3.8) is 0 Å². The van der Waals surface area contributed by atoms with Crippen LogP contribution < -0.4 is 0 Å². The maximum absolute atomic E-state index is 5.66. The van der Waals surface area contributed by atoms with Crippen molar-refractivity contribution in [3.8, 4) is 0 Å². The van der Waals surface area contributed by atoms with Gasteiger partial charge in [-0.1, -0.05) is 0 Å². The maximum atomic E-state index is 5.66. The molecular formula is C8H14OS. The van der Waals surface area contributed by atoms with Crippen molar-refractivity contribution >= 4 is 11.8 Å². The minimum atomic E-state index is 0.611. The van der Waals surface area contributed by atoms with Gasteiger partial charge < -0.3 is 4.74 Å². The van der Waals surface area contributed by atoms with E-state index >= 15 is 0 Å². The lowest BCUT2D eigenvalue weighted by Crippen LogP contribution is -2.13. The summed E-state index contributed by atoms with van der Waals surface area (Å²) in [6.45, 7) is 1.02. The van der Waals surface area contributed by atoms with E-state index in [2.05, 4.69) is 11.8 Å². The van der Waals surface area contributed by atoms with E-state index < -0.39 is 0 Å². The number of rotatable bonds is 0. The topological polar surface area (TPSA) is 9.23 Å². The summed E-state index contributed by atoms with van der Waals surface area (Å²) >= 11 is 2.16. The monoisotopic (exact) mass is 158 g/mol. The Hall–Kier alpha value is 0.310. The van der Waals surface area contributed by atoms with Crippen molar-refractivity contribution in [2.75, 3.05) is 12.4 Å². The van der Waals surface area contributed by atoms with E-state index in [9.17, 15) is 0 Å². The van der Waals surface area contributed by atoms with Gasteiger partial charge >= 0.3 is 0 Å². The molecule has 10 heavy (non-hydrogen) atoms. The average molecular weight is 158 g/mol. The molecule has 0 aromatic carbocycles. The first-order valence-electron chi connectivity index (χ1n) is 4.18. The molecular weight excluding hydrogens is 144 g/mol. The first-order valence-corrected chi connectivity index (χ1v) is 5.23. The van der Waals surface area contributed by atoms with E-state index in [0.29, 0.717) is 6.10 Å². The van der Waals surface area contributed by atoms with Crippen LogP contribution in [0.3, 0.4) is 0 Å². The summed E-state index contributed by atoms with van der Waals surface area (Å²) in [4.78, 5) is 0. The predicted octanol–water partition coefficient (Wildman–Crippen LogP) is 2.06. The highest BCUT2D eigenvalue weighted by atomic mass is 32.2. The first-order chi connectivity index (χ1) is 4.95. The third-order valence-electron chi connectivity index (χ3n) is 2.40. The van der Waals surface area contributed by atoms with Crippen molar-refractivity contribution in [3.05, 3.63) is 0 Å². The van der Waals surface area contributed by atoms with Crippen LogP contribution in [0.15, 0.2) is 0 Å². The molecule has 2 atom stereocenters. The molecule has 0 N–H and O–H groups in total. The van der Waals surface area contributed by atoms with Crippen LogP contribution in [-0.4, -0.2) is 23.7 Å². The molecule has 1 nitrogen and oxygen atoms in total. The van der Waals surface area contributed by atoms with Gasteiger partial charge in [0.05, 0.1) is 6.10 Å². The van der Waals surface area contributed by atoms with Gasteiger partial charge in [-0.25, -0.2) is 0 Å². The third kappa shape index (κ3) is 1.48. The smallest absolute Gasteiger partial charge is 0.0583 e. The fraction of sp³-hybridized carbons (Fsp3) is 1.00. The first kappa shape index (κ1) is 6.99. The molecule has 0 aromatic rings. The van der Waals surface area contributed by atoms with Crippen LogP contribution in [-0.2, 0) is 4.74 Å². The summed E-state index contributed by atoms with van der Waals surface area (Å²) in [5.74, 6) is 1.33. The number of hydrogen-bond acceptors (Lipinski definition) is 2. The summed E-state index contributed by atoms with van der Waals surface area (Å²) in [5, 5.41) is 0.924. The van der Waals surface area contributed by atoms with Crippen molar-refractivity contribution in [1.82, 2.24) is 0 Å². The summed E-state index contributed by atoms with van der Waals surface area (Å²) in [7, 11) is 0. The number of thioether (sulfide) groups is 1. The maximum Gasteiger partial charge on any atom is 0.0583 e. The molecule has 2 aliphatic heterocycles. The standard InChI is InChI=1S/C8H14OS/c1-2-8-3-5-9-7(1)4-6-10-8/h7-8H,1-6H2. The van der Waals surface area contributed by atoms with E-state index in [1.807, 2.05) is 0 Å². The largest absolute Gasteiger partial charge is 0.378 e. The molecule has 58 valence electrons. The Morgan fingerprint density at radius 1 is 1.10 bits per heavy atom. The zero-order valence-corrected chi connectivity index (χ0v) is 7.03. The Balaban J connectivity index is 2.01. The lowest BCUT2D eigenvalue weighted by molar-refractivity contribution is 0.0566. The van der Waals surface area contributed by atoms with Crippen LogP contribution in [0.25, 0.3) is 0 Å². The molecule has 2 rings (SSSR count). The van der Waals surface area contributed by atoms with Gasteiger partial charge in [-0.05, 0) is 31.4 Å². The van der Waals surface area contributed by atoms with E-state index in [0.717, 1.165) is 11.9 Å². The van der Waals surface area contributed by atoms with Gasteiger partial charge in [0.25, 0.3) is 0 Å². The van der Waals surface area contributed by atoms with Crippen molar-refractivity contribution in [2.24, 2.45) is 0 Å². The van der Waals surface area contributed by atoms with Crippen molar-refractivity contribution in [1.29, 1.82) is 0 Å². The van der Waals surface area contributed by atoms with Crippen LogP contribution in [0.4, 0.5) is 0 Å². The second kappa shape index (κ2) is 3.14. The molecule has 2 saturated heterocycles. The molecule has 2 unspecified atom stereocenters. The summed E-state index contributed by atoms with van der Waals surface area (Å²) in [6.07, 6.45) is 5.91. The van der Waals surface area contributed by atoms with Crippen LogP contribution in [0.2, 0.25) is 0 Å². The minimum Gasteiger partial charge on any atom is -0.378 e. The van der Waals surface area contributed by atoms with Crippen molar-refractivity contribution in [2.45, 2.75) is 37.0 Å². The Kier molecular flexibility index (Phi) is 2.19. The summed E-state index contributed by atoms with van der Waals surface area (Å²) < 4.78 is 5.66. The molecule has 2 fully saturated rings. The summed E-state index contributed by atoms with van der Waals surface area (Å²) in [5.41, 5.74) is 0. The fourth-order valence-corrected chi connectivity index (χ4v) is 3.02. The fourth-order valence-electron chi connectivity index (χ4n) is 1.73. The molecule has 0 aromatic heterocycles. The van der Waals surface area contributed by atoms with Crippen LogP contribution >= 0.6 is 11.8 Å². The Bertz CT molecular complexity index is 93.8. The Morgan fingerprint density at radius 2 is 2.10 bits per heavy atom. The lowest BCUT2D eigenvalue weighted by Gasteiger charge is -2.15. The van der Waals surface area contributed by atoms with Gasteiger partial charge in [0.15, 0.2) is 0 Å². The highest BCUT2D eigenvalue weighted by molar-refractivity contribution is 7.99.